The van der Waals surface area contributed by atoms with Gasteiger partial charge in [0.2, 0.25) is 0 Å². The Bertz CT molecular complexity index is 855. The SMILES string of the molecule is O=C(COc1ccc(F)cc1)N(Cc1ccccn1)c1ccc(Cl)cc1. The minimum atomic E-state index is -0.360. The molecule has 0 unspecified atom stereocenters. The van der Waals surface area contributed by atoms with Crippen molar-refractivity contribution < 1.29 is 13.9 Å². The fraction of sp³-hybridized carbons (Fsp3) is 0.100. The number of rotatable bonds is 6. The molecular formula is C20H16ClFN2O2. The van der Waals surface area contributed by atoms with E-state index in [1.54, 1.807) is 35.4 Å². The van der Waals surface area contributed by atoms with Gasteiger partial charge in [-0.15, -0.1) is 0 Å². The summed E-state index contributed by atoms with van der Waals surface area (Å²) < 4.78 is 18.4. The highest BCUT2D eigenvalue weighted by Crippen LogP contribution is 2.20. The van der Waals surface area contributed by atoms with Crippen LogP contribution in [0.1, 0.15) is 5.69 Å². The van der Waals surface area contributed by atoms with Crippen molar-refractivity contribution >= 4 is 23.2 Å². The molecule has 0 bridgehead atoms. The van der Waals surface area contributed by atoms with Crippen molar-refractivity contribution in [2.45, 2.75) is 6.54 Å². The first-order chi connectivity index (χ1) is 12.6. The number of pyridine rings is 1. The molecule has 4 nitrogen and oxygen atoms in total. The van der Waals surface area contributed by atoms with E-state index in [9.17, 15) is 9.18 Å². The van der Waals surface area contributed by atoms with Crippen LogP contribution in [0.15, 0.2) is 72.9 Å². The number of aromatic nitrogens is 1. The standard InChI is InChI=1S/C20H16ClFN2O2/c21-15-4-8-18(9-5-15)24(13-17-3-1-2-12-23-17)20(25)14-26-19-10-6-16(22)7-11-19/h1-12H,13-14H2. The molecule has 26 heavy (non-hydrogen) atoms. The lowest BCUT2D eigenvalue weighted by atomic mass is 10.2. The Kier molecular flexibility index (Phi) is 5.81. The van der Waals surface area contributed by atoms with E-state index < -0.39 is 0 Å². The van der Waals surface area contributed by atoms with Gasteiger partial charge in [-0.05, 0) is 60.7 Å². The number of anilines is 1. The Morgan fingerprint density at radius 2 is 1.77 bits per heavy atom. The van der Waals surface area contributed by atoms with Gasteiger partial charge in [-0.1, -0.05) is 17.7 Å². The zero-order valence-electron chi connectivity index (χ0n) is 13.8. The first-order valence-electron chi connectivity index (χ1n) is 7.96. The van der Waals surface area contributed by atoms with Gasteiger partial charge >= 0.3 is 0 Å². The van der Waals surface area contributed by atoms with E-state index in [0.717, 1.165) is 5.69 Å². The second-order valence-electron chi connectivity index (χ2n) is 5.52. The number of halogens is 2. The van der Waals surface area contributed by atoms with Gasteiger partial charge in [-0.25, -0.2) is 4.39 Å². The highest BCUT2D eigenvalue weighted by Gasteiger charge is 2.17. The predicted octanol–water partition coefficient (Wildman–Crippen LogP) is 4.49. The smallest absolute Gasteiger partial charge is 0.265 e. The van der Waals surface area contributed by atoms with Gasteiger partial charge in [0, 0.05) is 16.9 Å². The van der Waals surface area contributed by atoms with E-state index in [2.05, 4.69) is 4.98 Å². The largest absolute Gasteiger partial charge is 0.484 e. The molecule has 1 amide bonds. The summed E-state index contributed by atoms with van der Waals surface area (Å²) in [6.07, 6.45) is 1.68. The average Bonchev–Trinajstić information content (AvgIpc) is 2.67. The van der Waals surface area contributed by atoms with Crippen LogP contribution in [0, 0.1) is 5.82 Å². The normalized spacial score (nSPS) is 10.4. The van der Waals surface area contributed by atoms with Gasteiger partial charge in [0.05, 0.1) is 12.2 Å². The van der Waals surface area contributed by atoms with Crippen LogP contribution < -0.4 is 9.64 Å². The van der Waals surface area contributed by atoms with Crippen LogP contribution in [0.4, 0.5) is 10.1 Å². The summed E-state index contributed by atoms with van der Waals surface area (Å²) in [5.41, 5.74) is 1.44. The van der Waals surface area contributed by atoms with Gasteiger partial charge in [-0.2, -0.15) is 0 Å². The molecule has 0 aliphatic carbocycles. The highest BCUT2D eigenvalue weighted by molar-refractivity contribution is 6.30. The van der Waals surface area contributed by atoms with Crippen LogP contribution in [0.5, 0.6) is 5.75 Å². The summed E-state index contributed by atoms with van der Waals surface area (Å²) in [4.78, 5) is 18.6. The Morgan fingerprint density at radius 3 is 2.42 bits per heavy atom. The Labute approximate surface area is 155 Å². The van der Waals surface area contributed by atoms with E-state index in [4.69, 9.17) is 16.3 Å². The zero-order valence-corrected chi connectivity index (χ0v) is 14.6. The van der Waals surface area contributed by atoms with Gasteiger partial charge in [0.15, 0.2) is 6.61 Å². The molecule has 0 radical (unpaired) electrons. The van der Waals surface area contributed by atoms with Crippen molar-refractivity contribution in [1.82, 2.24) is 4.98 Å². The van der Waals surface area contributed by atoms with Gasteiger partial charge in [0.1, 0.15) is 11.6 Å². The maximum Gasteiger partial charge on any atom is 0.265 e. The molecule has 0 N–H and O–H groups in total. The number of benzene rings is 2. The lowest BCUT2D eigenvalue weighted by Gasteiger charge is -2.23. The third kappa shape index (κ3) is 4.80. The minimum absolute atomic E-state index is 0.179. The lowest BCUT2D eigenvalue weighted by molar-refractivity contribution is -0.120. The van der Waals surface area contributed by atoms with Crippen molar-refractivity contribution in [3.63, 3.8) is 0 Å². The molecule has 0 saturated carbocycles. The number of ether oxygens (including phenoxy) is 1. The monoisotopic (exact) mass is 370 g/mol. The van der Waals surface area contributed by atoms with Crippen LogP contribution >= 0.6 is 11.6 Å². The van der Waals surface area contributed by atoms with Crippen molar-refractivity contribution in [3.8, 4) is 5.75 Å². The number of carbonyl (C=O) groups is 1. The topological polar surface area (TPSA) is 42.4 Å². The predicted molar refractivity (Wildman–Crippen MR) is 98.8 cm³/mol. The van der Waals surface area contributed by atoms with E-state index in [1.165, 1.54) is 24.3 Å². The maximum atomic E-state index is 13.0. The molecule has 0 fully saturated rings. The third-order valence-electron chi connectivity index (χ3n) is 3.66. The molecule has 0 aliphatic rings. The molecule has 3 aromatic rings. The molecule has 132 valence electrons. The van der Waals surface area contributed by atoms with Crippen LogP contribution in [0.3, 0.4) is 0 Å². The van der Waals surface area contributed by atoms with Crippen molar-refractivity contribution in [1.29, 1.82) is 0 Å². The summed E-state index contributed by atoms with van der Waals surface area (Å²) in [7, 11) is 0. The van der Waals surface area contributed by atoms with E-state index >= 15 is 0 Å². The number of hydrogen-bond acceptors (Lipinski definition) is 3. The fourth-order valence-electron chi connectivity index (χ4n) is 2.35. The van der Waals surface area contributed by atoms with Crippen molar-refractivity contribution in [2.75, 3.05) is 11.5 Å². The van der Waals surface area contributed by atoms with Gasteiger partial charge in [-0.3, -0.25) is 9.78 Å². The summed E-state index contributed by atoms with van der Waals surface area (Å²) in [6, 6.07) is 18.0. The molecule has 3 rings (SSSR count). The van der Waals surface area contributed by atoms with E-state index in [0.29, 0.717) is 23.0 Å². The van der Waals surface area contributed by atoms with Crippen LogP contribution in [0.2, 0.25) is 5.02 Å². The second-order valence-corrected chi connectivity index (χ2v) is 5.96. The second kappa shape index (κ2) is 8.45. The van der Waals surface area contributed by atoms with Gasteiger partial charge in [0.25, 0.3) is 5.91 Å². The number of hydrogen-bond donors (Lipinski definition) is 0. The Balaban J connectivity index is 1.76. The first-order valence-corrected chi connectivity index (χ1v) is 8.34. The van der Waals surface area contributed by atoms with Crippen molar-refractivity contribution in [3.05, 3.63) is 89.5 Å². The van der Waals surface area contributed by atoms with E-state index in [-0.39, 0.29) is 18.3 Å². The quantitative estimate of drug-likeness (QED) is 0.642. The highest BCUT2D eigenvalue weighted by atomic mass is 35.5. The molecule has 0 spiro atoms. The van der Waals surface area contributed by atoms with Crippen molar-refractivity contribution in [2.24, 2.45) is 0 Å². The Morgan fingerprint density at radius 1 is 1.04 bits per heavy atom. The molecule has 1 heterocycles. The summed E-state index contributed by atoms with van der Waals surface area (Å²) in [5, 5.41) is 0.585. The number of carbonyl (C=O) groups excluding carboxylic acids is 1. The maximum absolute atomic E-state index is 13.0. The molecule has 2 aromatic carbocycles. The number of amides is 1. The average molecular weight is 371 g/mol. The van der Waals surface area contributed by atoms with E-state index in [1.807, 2.05) is 18.2 Å². The molecule has 6 heteroatoms. The fourth-order valence-corrected chi connectivity index (χ4v) is 2.48. The zero-order chi connectivity index (χ0) is 18.4. The van der Waals surface area contributed by atoms with Crippen LogP contribution in [-0.2, 0) is 11.3 Å². The molecule has 0 aliphatic heterocycles. The summed E-state index contributed by atoms with van der Waals surface area (Å²) in [5.74, 6) is -0.183. The van der Waals surface area contributed by atoms with Gasteiger partial charge < -0.3 is 9.64 Å². The minimum Gasteiger partial charge on any atom is -0.484 e. The number of nitrogens with zero attached hydrogens (tertiary/aromatic N) is 2. The first kappa shape index (κ1) is 17.9. The lowest BCUT2D eigenvalue weighted by Crippen LogP contribution is -2.34. The molecule has 0 saturated heterocycles. The summed E-state index contributed by atoms with van der Waals surface area (Å²) >= 11 is 5.94. The molecule has 0 atom stereocenters. The Hall–Kier alpha value is -2.92. The summed E-state index contributed by atoms with van der Waals surface area (Å²) in [6.45, 7) is 0.120. The van der Waals surface area contributed by atoms with Crippen LogP contribution in [0.25, 0.3) is 0 Å². The van der Waals surface area contributed by atoms with Crippen LogP contribution in [-0.4, -0.2) is 17.5 Å². The third-order valence-corrected chi connectivity index (χ3v) is 3.91. The molecular weight excluding hydrogens is 355 g/mol. The molecule has 1 aromatic heterocycles.